The summed E-state index contributed by atoms with van der Waals surface area (Å²) in [5.41, 5.74) is 1.83. The first-order chi connectivity index (χ1) is 9.29. The van der Waals surface area contributed by atoms with E-state index in [9.17, 15) is 4.79 Å². The van der Waals surface area contributed by atoms with Gasteiger partial charge in [-0.15, -0.1) is 0 Å². The van der Waals surface area contributed by atoms with Gasteiger partial charge in [0.2, 0.25) is 5.91 Å². The number of hydrogen-bond donors (Lipinski definition) is 2. The second-order valence-corrected chi connectivity index (χ2v) is 4.15. The Morgan fingerprint density at radius 3 is 2.63 bits per heavy atom. The molecule has 1 heterocycles. The average molecular weight is 256 g/mol. The molecule has 1 amide bonds. The number of nitrogens with one attached hydrogen (secondary N) is 1. The third-order valence-corrected chi connectivity index (χ3v) is 2.65. The molecule has 0 aliphatic carbocycles. The zero-order valence-corrected chi connectivity index (χ0v) is 10.5. The number of carbonyl (C=O) groups is 1. The van der Waals surface area contributed by atoms with Crippen molar-refractivity contribution in [3.8, 4) is 11.3 Å². The fourth-order valence-electron chi connectivity index (χ4n) is 1.72. The molecule has 0 spiro atoms. The first-order valence-corrected chi connectivity index (χ1v) is 6.23. The Hall–Kier alpha value is -2.20. The summed E-state index contributed by atoms with van der Waals surface area (Å²) in [5, 5.41) is 11.4. The van der Waals surface area contributed by atoms with Crippen LogP contribution < -0.4 is 5.32 Å². The Labute approximate surface area is 112 Å². The fourth-order valence-corrected chi connectivity index (χ4v) is 1.72. The molecule has 2 aromatic rings. The van der Waals surface area contributed by atoms with Crippen molar-refractivity contribution in [2.75, 3.05) is 11.9 Å². The van der Waals surface area contributed by atoms with Gasteiger partial charge in [0, 0.05) is 18.6 Å². The Morgan fingerprint density at radius 1 is 1.11 bits per heavy atom. The van der Waals surface area contributed by atoms with Gasteiger partial charge in [-0.1, -0.05) is 36.4 Å². The molecule has 0 unspecified atom stereocenters. The van der Waals surface area contributed by atoms with Crippen LogP contribution in [0.5, 0.6) is 0 Å². The molecule has 0 saturated carbocycles. The lowest BCUT2D eigenvalue weighted by atomic mass is 10.1. The summed E-state index contributed by atoms with van der Waals surface area (Å²) in [4.78, 5) is 16.0. The lowest BCUT2D eigenvalue weighted by molar-refractivity contribution is -0.116. The van der Waals surface area contributed by atoms with Gasteiger partial charge >= 0.3 is 0 Å². The first kappa shape index (κ1) is 13.2. The predicted octanol–water partition coefficient (Wildman–Crippen LogP) is 2.46. The van der Waals surface area contributed by atoms with E-state index in [2.05, 4.69) is 10.3 Å². The first-order valence-electron chi connectivity index (χ1n) is 6.23. The number of carbonyl (C=O) groups excluding carboxylic acids is 1. The van der Waals surface area contributed by atoms with E-state index >= 15 is 0 Å². The van der Waals surface area contributed by atoms with E-state index in [0.29, 0.717) is 18.7 Å². The molecule has 0 aliphatic rings. The minimum absolute atomic E-state index is 0.0188. The van der Waals surface area contributed by atoms with Crippen LogP contribution in [0.4, 0.5) is 5.82 Å². The molecule has 0 saturated heterocycles. The molecule has 0 atom stereocenters. The highest BCUT2D eigenvalue weighted by atomic mass is 16.3. The van der Waals surface area contributed by atoms with Gasteiger partial charge in [0.05, 0.1) is 5.69 Å². The Kier molecular flexibility index (Phi) is 4.64. The van der Waals surface area contributed by atoms with Crippen molar-refractivity contribution in [3.63, 3.8) is 0 Å². The maximum atomic E-state index is 11.6. The Balaban J connectivity index is 2.10. The molecule has 0 bridgehead atoms. The second-order valence-electron chi connectivity index (χ2n) is 4.15. The topological polar surface area (TPSA) is 62.2 Å². The van der Waals surface area contributed by atoms with E-state index < -0.39 is 0 Å². The van der Waals surface area contributed by atoms with Crippen molar-refractivity contribution >= 4 is 11.7 Å². The minimum atomic E-state index is -0.133. The summed E-state index contributed by atoms with van der Waals surface area (Å²) in [6.45, 7) is 0.0188. The van der Waals surface area contributed by atoms with Gasteiger partial charge in [-0.25, -0.2) is 4.98 Å². The maximum Gasteiger partial charge on any atom is 0.225 e. The van der Waals surface area contributed by atoms with Crippen molar-refractivity contribution in [3.05, 3.63) is 48.5 Å². The van der Waals surface area contributed by atoms with Crippen LogP contribution in [0.2, 0.25) is 0 Å². The largest absolute Gasteiger partial charge is 0.396 e. The summed E-state index contributed by atoms with van der Waals surface area (Å²) in [6, 6.07) is 15.3. The van der Waals surface area contributed by atoms with Crippen molar-refractivity contribution in [2.45, 2.75) is 12.8 Å². The predicted molar refractivity (Wildman–Crippen MR) is 74.6 cm³/mol. The van der Waals surface area contributed by atoms with Gasteiger partial charge in [0.15, 0.2) is 0 Å². The van der Waals surface area contributed by atoms with Gasteiger partial charge in [0.25, 0.3) is 0 Å². The molecule has 4 nitrogen and oxygen atoms in total. The van der Waals surface area contributed by atoms with Crippen molar-refractivity contribution in [1.29, 1.82) is 0 Å². The van der Waals surface area contributed by atoms with Crippen LogP contribution in [0.3, 0.4) is 0 Å². The second kappa shape index (κ2) is 6.66. The van der Waals surface area contributed by atoms with Gasteiger partial charge in [-0.05, 0) is 18.6 Å². The molecule has 0 fully saturated rings. The number of aromatic nitrogens is 1. The van der Waals surface area contributed by atoms with E-state index in [0.717, 1.165) is 11.3 Å². The number of anilines is 1. The normalized spacial score (nSPS) is 10.2. The van der Waals surface area contributed by atoms with Gasteiger partial charge < -0.3 is 10.4 Å². The molecule has 98 valence electrons. The number of pyridine rings is 1. The molecule has 1 aromatic heterocycles. The number of aliphatic hydroxyl groups is 1. The van der Waals surface area contributed by atoms with Gasteiger partial charge in [-0.2, -0.15) is 0 Å². The number of rotatable bonds is 5. The van der Waals surface area contributed by atoms with Gasteiger partial charge in [-0.3, -0.25) is 4.79 Å². The summed E-state index contributed by atoms with van der Waals surface area (Å²) in [5.74, 6) is 0.399. The van der Waals surface area contributed by atoms with Crippen molar-refractivity contribution in [2.24, 2.45) is 0 Å². The molecule has 0 aliphatic heterocycles. The molecule has 19 heavy (non-hydrogen) atoms. The molecule has 4 heteroatoms. The average Bonchev–Trinajstić information content (AvgIpc) is 2.46. The SMILES string of the molecule is O=C(CCCO)Nc1cccc(-c2ccccc2)n1. The summed E-state index contributed by atoms with van der Waals surface area (Å²) < 4.78 is 0. The third kappa shape index (κ3) is 3.89. The smallest absolute Gasteiger partial charge is 0.225 e. The standard InChI is InChI=1S/C15H16N2O2/c18-11-5-10-15(19)17-14-9-4-8-13(16-14)12-6-2-1-3-7-12/h1-4,6-9,18H,5,10-11H2,(H,16,17,19). The quantitative estimate of drug-likeness (QED) is 0.863. The van der Waals surface area contributed by atoms with E-state index in [1.54, 1.807) is 6.07 Å². The molecule has 2 rings (SSSR count). The molecule has 0 radical (unpaired) electrons. The lowest BCUT2D eigenvalue weighted by Crippen LogP contribution is -2.12. The number of amides is 1. The maximum absolute atomic E-state index is 11.6. The van der Waals surface area contributed by atoms with E-state index in [1.165, 1.54) is 0 Å². The zero-order chi connectivity index (χ0) is 13.5. The summed E-state index contributed by atoms with van der Waals surface area (Å²) in [7, 11) is 0. The fraction of sp³-hybridized carbons (Fsp3) is 0.200. The van der Waals surface area contributed by atoms with Crippen molar-refractivity contribution in [1.82, 2.24) is 4.98 Å². The summed E-state index contributed by atoms with van der Waals surface area (Å²) in [6.07, 6.45) is 0.762. The number of hydrogen-bond acceptors (Lipinski definition) is 3. The molecule has 2 N–H and O–H groups in total. The zero-order valence-electron chi connectivity index (χ0n) is 10.5. The van der Waals surface area contributed by atoms with Crippen LogP contribution in [-0.2, 0) is 4.79 Å². The van der Waals surface area contributed by atoms with Crippen LogP contribution in [0, 0.1) is 0 Å². The molecular weight excluding hydrogens is 240 g/mol. The number of benzene rings is 1. The van der Waals surface area contributed by atoms with Gasteiger partial charge in [0.1, 0.15) is 5.82 Å². The van der Waals surface area contributed by atoms with Crippen LogP contribution in [0.25, 0.3) is 11.3 Å². The van der Waals surface area contributed by atoms with Crippen LogP contribution >= 0.6 is 0 Å². The molecule has 1 aromatic carbocycles. The van der Waals surface area contributed by atoms with Crippen LogP contribution in [0.1, 0.15) is 12.8 Å². The monoisotopic (exact) mass is 256 g/mol. The highest BCUT2D eigenvalue weighted by Gasteiger charge is 2.04. The summed E-state index contributed by atoms with van der Waals surface area (Å²) >= 11 is 0. The number of nitrogens with zero attached hydrogens (tertiary/aromatic N) is 1. The number of aliphatic hydroxyl groups excluding tert-OH is 1. The highest BCUT2D eigenvalue weighted by molar-refractivity contribution is 5.89. The lowest BCUT2D eigenvalue weighted by Gasteiger charge is -2.06. The van der Waals surface area contributed by atoms with Crippen LogP contribution in [-0.4, -0.2) is 22.6 Å². The highest BCUT2D eigenvalue weighted by Crippen LogP contribution is 2.18. The van der Waals surface area contributed by atoms with Crippen LogP contribution in [0.15, 0.2) is 48.5 Å². The van der Waals surface area contributed by atoms with E-state index in [4.69, 9.17) is 5.11 Å². The Bertz CT molecular complexity index is 541. The van der Waals surface area contributed by atoms with Crippen molar-refractivity contribution < 1.29 is 9.90 Å². The molecular formula is C15H16N2O2. The minimum Gasteiger partial charge on any atom is -0.396 e. The van der Waals surface area contributed by atoms with E-state index in [-0.39, 0.29) is 12.5 Å². The Morgan fingerprint density at radius 2 is 1.89 bits per heavy atom. The van der Waals surface area contributed by atoms with E-state index in [1.807, 2.05) is 42.5 Å². The third-order valence-electron chi connectivity index (χ3n) is 2.65.